The number of hydrogen-bond acceptors (Lipinski definition) is 4. The fourth-order valence-corrected chi connectivity index (χ4v) is 2.40. The third-order valence-corrected chi connectivity index (χ3v) is 3.60. The summed E-state index contributed by atoms with van der Waals surface area (Å²) < 4.78 is 0. The van der Waals surface area contributed by atoms with Crippen LogP contribution in [0.5, 0.6) is 0 Å². The van der Waals surface area contributed by atoms with Gasteiger partial charge in [-0.2, -0.15) is 5.26 Å². The molecule has 1 aliphatic rings. The molecule has 0 saturated carbocycles. The van der Waals surface area contributed by atoms with E-state index in [1.54, 1.807) is 6.92 Å². The maximum Gasteiger partial charge on any atom is 0.242 e. The van der Waals surface area contributed by atoms with Crippen LogP contribution >= 0.6 is 0 Å². The number of carbonyl (C=O) groups excluding carboxylic acids is 1. The van der Waals surface area contributed by atoms with Gasteiger partial charge in [0.1, 0.15) is 17.9 Å². The molecule has 0 bridgehead atoms. The minimum atomic E-state index is -0.414. The fraction of sp³-hybridized carbons (Fsp3) is 0.562. The summed E-state index contributed by atoms with van der Waals surface area (Å²) in [5, 5.41) is 15.2. The molecule has 0 aliphatic heterocycles. The second kappa shape index (κ2) is 6.57. The van der Waals surface area contributed by atoms with E-state index in [4.69, 9.17) is 0 Å². The Balaban J connectivity index is 2.08. The molecule has 1 aromatic rings. The normalized spacial score (nSPS) is 14.4. The Morgan fingerprint density at radius 3 is 2.86 bits per heavy atom. The molecule has 0 radical (unpaired) electrons. The van der Waals surface area contributed by atoms with Gasteiger partial charge in [-0.15, -0.1) is 0 Å². The van der Waals surface area contributed by atoms with Crippen molar-refractivity contribution in [2.75, 3.05) is 11.9 Å². The van der Waals surface area contributed by atoms with Crippen LogP contribution in [0.4, 0.5) is 5.82 Å². The number of rotatable bonds is 5. The van der Waals surface area contributed by atoms with Crippen LogP contribution in [0, 0.1) is 17.2 Å². The first kappa shape index (κ1) is 15.3. The summed E-state index contributed by atoms with van der Waals surface area (Å²) in [7, 11) is 0. The van der Waals surface area contributed by atoms with E-state index in [2.05, 4.69) is 21.7 Å². The number of nitrogens with one attached hydrogen (secondary N) is 2. The van der Waals surface area contributed by atoms with E-state index >= 15 is 0 Å². The van der Waals surface area contributed by atoms with Gasteiger partial charge in [0.05, 0.1) is 5.56 Å². The Bertz CT molecular complexity index is 574. The van der Waals surface area contributed by atoms with E-state index in [0.717, 1.165) is 30.5 Å². The molecule has 5 nitrogen and oxygen atoms in total. The predicted molar refractivity (Wildman–Crippen MR) is 81.9 cm³/mol. The monoisotopic (exact) mass is 286 g/mol. The summed E-state index contributed by atoms with van der Waals surface area (Å²) in [6.45, 7) is 6.53. The van der Waals surface area contributed by atoms with Crippen LogP contribution in [-0.2, 0) is 17.6 Å². The minimum absolute atomic E-state index is 0.0742. The number of aryl methyl sites for hydroxylation is 2. The molecule has 2 rings (SSSR count). The first-order chi connectivity index (χ1) is 10.0. The maximum absolute atomic E-state index is 12.0. The lowest BCUT2D eigenvalue weighted by molar-refractivity contribution is -0.121. The van der Waals surface area contributed by atoms with Gasteiger partial charge in [0.25, 0.3) is 0 Å². The van der Waals surface area contributed by atoms with Crippen LogP contribution in [0.3, 0.4) is 0 Å². The second-order valence-electron chi connectivity index (χ2n) is 5.96. The van der Waals surface area contributed by atoms with Gasteiger partial charge in [0.15, 0.2) is 0 Å². The average molecular weight is 286 g/mol. The summed E-state index contributed by atoms with van der Waals surface area (Å²) in [5.74, 6) is 0.856. The Hall–Kier alpha value is -2.09. The maximum atomic E-state index is 12.0. The van der Waals surface area contributed by atoms with Crippen LogP contribution in [-0.4, -0.2) is 23.5 Å². The van der Waals surface area contributed by atoms with E-state index < -0.39 is 6.04 Å². The van der Waals surface area contributed by atoms with Crippen molar-refractivity contribution in [3.05, 3.63) is 22.9 Å². The van der Waals surface area contributed by atoms with E-state index in [-0.39, 0.29) is 5.91 Å². The van der Waals surface area contributed by atoms with E-state index in [0.29, 0.717) is 23.8 Å². The van der Waals surface area contributed by atoms with Crippen LogP contribution in [0.2, 0.25) is 0 Å². The quantitative estimate of drug-likeness (QED) is 0.868. The van der Waals surface area contributed by atoms with Crippen molar-refractivity contribution in [3.8, 4) is 6.07 Å². The molecule has 21 heavy (non-hydrogen) atoms. The third-order valence-electron chi connectivity index (χ3n) is 3.60. The number of carbonyl (C=O) groups is 1. The van der Waals surface area contributed by atoms with Crippen molar-refractivity contribution in [1.82, 2.24) is 10.3 Å². The van der Waals surface area contributed by atoms with Gasteiger partial charge in [0.2, 0.25) is 5.91 Å². The lowest BCUT2D eigenvalue weighted by Crippen LogP contribution is -2.39. The Morgan fingerprint density at radius 2 is 2.19 bits per heavy atom. The van der Waals surface area contributed by atoms with Crippen LogP contribution in [0.25, 0.3) is 0 Å². The van der Waals surface area contributed by atoms with Crippen molar-refractivity contribution in [2.45, 2.75) is 46.1 Å². The van der Waals surface area contributed by atoms with Crippen molar-refractivity contribution >= 4 is 11.7 Å². The molecule has 1 heterocycles. The molecule has 0 saturated heterocycles. The van der Waals surface area contributed by atoms with E-state index in [9.17, 15) is 10.1 Å². The van der Waals surface area contributed by atoms with Crippen molar-refractivity contribution in [2.24, 2.45) is 5.92 Å². The summed E-state index contributed by atoms with van der Waals surface area (Å²) in [6.07, 6.45) is 3.02. The van der Waals surface area contributed by atoms with Crippen LogP contribution < -0.4 is 10.6 Å². The summed E-state index contributed by atoms with van der Waals surface area (Å²) in [6, 6.07) is 3.65. The lowest BCUT2D eigenvalue weighted by Gasteiger charge is -2.17. The first-order valence-corrected chi connectivity index (χ1v) is 7.48. The predicted octanol–water partition coefficient (Wildman–Crippen LogP) is 2.01. The first-order valence-electron chi connectivity index (χ1n) is 7.48. The SMILES string of the molecule is CC(C)CNC(=O)C(C)Nc1nc2c(cc1C#N)CCC2. The van der Waals surface area contributed by atoms with Crippen molar-refractivity contribution in [3.63, 3.8) is 0 Å². The number of nitrogens with zero attached hydrogens (tertiary/aromatic N) is 2. The van der Waals surface area contributed by atoms with Gasteiger partial charge < -0.3 is 10.6 Å². The molecule has 0 spiro atoms. The zero-order chi connectivity index (χ0) is 15.4. The molecular formula is C16H22N4O. The highest BCUT2D eigenvalue weighted by molar-refractivity contribution is 5.84. The molecule has 2 N–H and O–H groups in total. The molecule has 0 fully saturated rings. The molecule has 0 aromatic carbocycles. The number of amides is 1. The standard InChI is InChI=1S/C16H22N4O/c1-10(2)9-18-16(21)11(3)19-15-13(8-17)7-12-5-4-6-14(12)20-15/h7,10-11H,4-6,9H2,1-3H3,(H,18,21)(H,19,20). The number of aromatic nitrogens is 1. The van der Waals surface area contributed by atoms with E-state index in [1.165, 1.54) is 0 Å². The highest BCUT2D eigenvalue weighted by atomic mass is 16.2. The molecule has 1 aliphatic carbocycles. The summed E-state index contributed by atoms with van der Waals surface area (Å²) in [5.41, 5.74) is 2.72. The zero-order valence-corrected chi connectivity index (χ0v) is 12.9. The fourth-order valence-electron chi connectivity index (χ4n) is 2.40. The van der Waals surface area contributed by atoms with Gasteiger partial charge in [0, 0.05) is 12.2 Å². The second-order valence-corrected chi connectivity index (χ2v) is 5.96. The van der Waals surface area contributed by atoms with Crippen LogP contribution in [0.15, 0.2) is 6.07 Å². The Labute approximate surface area is 125 Å². The van der Waals surface area contributed by atoms with Gasteiger partial charge >= 0.3 is 0 Å². The number of pyridine rings is 1. The highest BCUT2D eigenvalue weighted by Crippen LogP contribution is 2.25. The van der Waals surface area contributed by atoms with Gasteiger partial charge in [-0.05, 0) is 43.7 Å². The summed E-state index contributed by atoms with van der Waals surface area (Å²) >= 11 is 0. The Morgan fingerprint density at radius 1 is 1.43 bits per heavy atom. The third kappa shape index (κ3) is 3.72. The molecule has 1 atom stereocenters. The summed E-state index contributed by atoms with van der Waals surface area (Å²) in [4.78, 5) is 16.5. The molecular weight excluding hydrogens is 264 g/mol. The number of anilines is 1. The topological polar surface area (TPSA) is 77.8 Å². The van der Waals surface area contributed by atoms with Crippen molar-refractivity contribution < 1.29 is 4.79 Å². The number of hydrogen-bond donors (Lipinski definition) is 2. The van der Waals surface area contributed by atoms with Gasteiger partial charge in [-0.25, -0.2) is 4.98 Å². The molecule has 1 aromatic heterocycles. The lowest BCUT2D eigenvalue weighted by atomic mass is 10.1. The van der Waals surface area contributed by atoms with Crippen LogP contribution in [0.1, 0.15) is 44.0 Å². The number of fused-ring (bicyclic) bond motifs is 1. The molecule has 1 unspecified atom stereocenters. The molecule has 5 heteroatoms. The molecule has 112 valence electrons. The molecule has 1 amide bonds. The Kier molecular flexibility index (Phi) is 4.79. The minimum Gasteiger partial charge on any atom is -0.358 e. The van der Waals surface area contributed by atoms with Gasteiger partial charge in [-0.1, -0.05) is 13.8 Å². The van der Waals surface area contributed by atoms with Crippen molar-refractivity contribution in [1.29, 1.82) is 5.26 Å². The zero-order valence-electron chi connectivity index (χ0n) is 12.9. The average Bonchev–Trinajstić information content (AvgIpc) is 2.90. The van der Waals surface area contributed by atoms with Gasteiger partial charge in [-0.3, -0.25) is 4.79 Å². The largest absolute Gasteiger partial charge is 0.358 e. The highest BCUT2D eigenvalue weighted by Gasteiger charge is 2.19. The smallest absolute Gasteiger partial charge is 0.242 e. The number of nitriles is 1. The van der Waals surface area contributed by atoms with E-state index in [1.807, 2.05) is 19.9 Å².